The van der Waals surface area contributed by atoms with E-state index in [-0.39, 0.29) is 17.2 Å². The number of aromatic hydroxyl groups is 1. The van der Waals surface area contributed by atoms with Gasteiger partial charge in [-0.1, -0.05) is 0 Å². The molecule has 0 aliphatic carbocycles. The van der Waals surface area contributed by atoms with Crippen LogP contribution in [0.1, 0.15) is 24.2 Å². The van der Waals surface area contributed by atoms with Gasteiger partial charge in [0.25, 0.3) is 5.91 Å². The second kappa shape index (κ2) is 4.49. The van der Waals surface area contributed by atoms with Crippen LogP contribution in [0.4, 0.5) is 5.69 Å². The summed E-state index contributed by atoms with van der Waals surface area (Å²) in [7, 11) is 0. The van der Waals surface area contributed by atoms with Gasteiger partial charge in [-0.3, -0.25) is 4.79 Å². The molecule has 0 spiro atoms. The van der Waals surface area contributed by atoms with Gasteiger partial charge in [-0.05, 0) is 32.0 Å². The van der Waals surface area contributed by atoms with Crippen molar-refractivity contribution in [1.29, 1.82) is 0 Å². The lowest BCUT2D eigenvalue weighted by molar-refractivity contribution is -0.0370. The maximum absolute atomic E-state index is 12.5. The number of carbonyl (C=O) groups excluding carboxylic acids is 1. The molecule has 5 heteroatoms. The summed E-state index contributed by atoms with van der Waals surface area (Å²) in [5.41, 5.74) is 6.14. The minimum absolute atomic E-state index is 0.0404. The summed E-state index contributed by atoms with van der Waals surface area (Å²) in [6.45, 7) is 5.44. The number of amides is 1. The molecule has 0 atom stereocenters. The molecule has 18 heavy (non-hydrogen) atoms. The second-order valence-electron chi connectivity index (χ2n) is 5.09. The molecule has 0 radical (unpaired) electrons. The van der Waals surface area contributed by atoms with Crippen molar-refractivity contribution in [2.24, 2.45) is 0 Å². The summed E-state index contributed by atoms with van der Waals surface area (Å²) in [5, 5.41) is 9.46. The molecule has 3 N–H and O–H groups in total. The predicted molar refractivity (Wildman–Crippen MR) is 68.5 cm³/mol. The fourth-order valence-electron chi connectivity index (χ4n) is 2.11. The van der Waals surface area contributed by atoms with Gasteiger partial charge in [0.2, 0.25) is 0 Å². The summed E-state index contributed by atoms with van der Waals surface area (Å²) in [5.74, 6) is -0.129. The van der Waals surface area contributed by atoms with Crippen molar-refractivity contribution in [2.75, 3.05) is 25.5 Å². The number of nitrogens with zero attached hydrogens (tertiary/aromatic N) is 1. The average Bonchev–Trinajstić information content (AvgIpc) is 2.31. The molecule has 1 aromatic carbocycles. The Bertz CT molecular complexity index is 471. The summed E-state index contributed by atoms with van der Waals surface area (Å²) < 4.78 is 5.38. The third kappa shape index (κ3) is 2.26. The van der Waals surface area contributed by atoms with Gasteiger partial charge in [0.1, 0.15) is 5.75 Å². The first-order valence-electron chi connectivity index (χ1n) is 5.90. The van der Waals surface area contributed by atoms with E-state index in [0.29, 0.717) is 31.0 Å². The van der Waals surface area contributed by atoms with Gasteiger partial charge < -0.3 is 20.5 Å². The van der Waals surface area contributed by atoms with Crippen LogP contribution in [0.3, 0.4) is 0 Å². The number of hydrogen-bond acceptors (Lipinski definition) is 4. The number of morpholine rings is 1. The quantitative estimate of drug-likeness (QED) is 0.580. The molecule has 1 fully saturated rings. The number of benzene rings is 1. The summed E-state index contributed by atoms with van der Waals surface area (Å²) >= 11 is 0. The largest absolute Gasteiger partial charge is 0.508 e. The van der Waals surface area contributed by atoms with E-state index in [1.165, 1.54) is 18.2 Å². The van der Waals surface area contributed by atoms with E-state index in [2.05, 4.69) is 0 Å². The standard InChI is InChI=1S/C13H18N2O3/c1-13(2)8-18-6-5-15(13)12(17)10-7-9(16)3-4-11(10)14/h3-4,7,16H,5-6,8,14H2,1-2H3. The highest BCUT2D eigenvalue weighted by Crippen LogP contribution is 2.25. The third-order valence-corrected chi connectivity index (χ3v) is 3.16. The van der Waals surface area contributed by atoms with E-state index >= 15 is 0 Å². The van der Waals surface area contributed by atoms with Gasteiger partial charge in [0.05, 0.1) is 24.3 Å². The van der Waals surface area contributed by atoms with Crippen LogP contribution in [-0.2, 0) is 4.74 Å². The van der Waals surface area contributed by atoms with Crippen molar-refractivity contribution < 1.29 is 14.6 Å². The van der Waals surface area contributed by atoms with Crippen molar-refractivity contribution in [3.05, 3.63) is 23.8 Å². The van der Waals surface area contributed by atoms with Crippen LogP contribution in [0.5, 0.6) is 5.75 Å². The van der Waals surface area contributed by atoms with E-state index in [0.717, 1.165) is 0 Å². The number of anilines is 1. The Kier molecular flexibility index (Phi) is 3.17. The second-order valence-corrected chi connectivity index (χ2v) is 5.09. The number of phenols is 1. The maximum atomic E-state index is 12.5. The fraction of sp³-hybridized carbons (Fsp3) is 0.462. The molecule has 0 unspecified atom stereocenters. The van der Waals surface area contributed by atoms with Gasteiger partial charge in [0, 0.05) is 12.2 Å². The van der Waals surface area contributed by atoms with Crippen molar-refractivity contribution in [1.82, 2.24) is 4.90 Å². The van der Waals surface area contributed by atoms with Gasteiger partial charge in [0.15, 0.2) is 0 Å². The fourth-order valence-corrected chi connectivity index (χ4v) is 2.11. The van der Waals surface area contributed by atoms with E-state index in [9.17, 15) is 9.90 Å². The van der Waals surface area contributed by atoms with Gasteiger partial charge in [-0.15, -0.1) is 0 Å². The SMILES string of the molecule is CC1(C)COCCN1C(=O)c1cc(O)ccc1N. The van der Waals surface area contributed by atoms with Crippen LogP contribution in [0, 0.1) is 0 Å². The van der Waals surface area contributed by atoms with Gasteiger partial charge in [-0.25, -0.2) is 0 Å². The molecule has 1 amide bonds. The van der Waals surface area contributed by atoms with Crippen LogP contribution >= 0.6 is 0 Å². The highest BCUT2D eigenvalue weighted by molar-refractivity contribution is 6.00. The number of hydrogen-bond donors (Lipinski definition) is 2. The molecule has 0 aromatic heterocycles. The Balaban J connectivity index is 2.33. The molecular formula is C13H18N2O3. The Labute approximate surface area is 106 Å². The van der Waals surface area contributed by atoms with Crippen molar-refractivity contribution in [3.63, 3.8) is 0 Å². The predicted octanol–water partition coefficient (Wildman–Crippen LogP) is 1.23. The molecule has 0 bridgehead atoms. The van der Waals surface area contributed by atoms with Crippen molar-refractivity contribution >= 4 is 11.6 Å². The van der Waals surface area contributed by atoms with Crippen molar-refractivity contribution in [2.45, 2.75) is 19.4 Å². The summed E-state index contributed by atoms with van der Waals surface area (Å²) in [6.07, 6.45) is 0. The molecule has 5 nitrogen and oxygen atoms in total. The highest BCUT2D eigenvalue weighted by atomic mass is 16.5. The number of carbonyl (C=O) groups is 1. The number of rotatable bonds is 1. The molecule has 1 aliphatic rings. The van der Waals surface area contributed by atoms with Crippen LogP contribution in [0.25, 0.3) is 0 Å². The van der Waals surface area contributed by atoms with Gasteiger partial charge in [-0.2, -0.15) is 0 Å². The average molecular weight is 250 g/mol. The van der Waals surface area contributed by atoms with Gasteiger partial charge >= 0.3 is 0 Å². The molecule has 2 rings (SSSR count). The number of nitrogens with two attached hydrogens (primary N) is 1. The summed E-state index contributed by atoms with van der Waals surface area (Å²) in [4.78, 5) is 14.2. The van der Waals surface area contributed by atoms with Crippen LogP contribution in [0.15, 0.2) is 18.2 Å². The minimum atomic E-state index is -0.368. The van der Waals surface area contributed by atoms with E-state index in [4.69, 9.17) is 10.5 Å². The van der Waals surface area contributed by atoms with E-state index in [1.54, 1.807) is 4.90 Å². The highest BCUT2D eigenvalue weighted by Gasteiger charge is 2.35. The molecule has 1 aliphatic heterocycles. The number of nitrogen functional groups attached to an aromatic ring is 1. The molecule has 1 aromatic rings. The lowest BCUT2D eigenvalue weighted by Gasteiger charge is -2.42. The molecule has 1 heterocycles. The molecule has 98 valence electrons. The van der Waals surface area contributed by atoms with E-state index in [1.807, 2.05) is 13.8 Å². The van der Waals surface area contributed by atoms with Crippen LogP contribution in [0.2, 0.25) is 0 Å². The molecule has 0 saturated carbocycles. The van der Waals surface area contributed by atoms with Crippen LogP contribution < -0.4 is 5.73 Å². The van der Waals surface area contributed by atoms with E-state index < -0.39 is 0 Å². The Morgan fingerprint density at radius 2 is 2.22 bits per heavy atom. The Morgan fingerprint density at radius 3 is 2.89 bits per heavy atom. The maximum Gasteiger partial charge on any atom is 0.256 e. The lowest BCUT2D eigenvalue weighted by Crippen LogP contribution is -2.55. The topological polar surface area (TPSA) is 75.8 Å². The first kappa shape index (κ1) is 12.7. The Morgan fingerprint density at radius 1 is 1.50 bits per heavy atom. The lowest BCUT2D eigenvalue weighted by atomic mass is 10.0. The van der Waals surface area contributed by atoms with Crippen molar-refractivity contribution in [3.8, 4) is 5.75 Å². The molecular weight excluding hydrogens is 232 g/mol. The zero-order valence-corrected chi connectivity index (χ0v) is 10.6. The zero-order valence-electron chi connectivity index (χ0n) is 10.6. The van der Waals surface area contributed by atoms with Crippen LogP contribution in [-0.4, -0.2) is 41.2 Å². The normalized spacial score (nSPS) is 18.7. The zero-order chi connectivity index (χ0) is 13.3. The summed E-state index contributed by atoms with van der Waals surface area (Å²) in [6, 6.07) is 4.41. The first-order chi connectivity index (χ1) is 8.42. The monoisotopic (exact) mass is 250 g/mol. The molecule has 1 saturated heterocycles. The smallest absolute Gasteiger partial charge is 0.256 e. The third-order valence-electron chi connectivity index (χ3n) is 3.16. The first-order valence-corrected chi connectivity index (χ1v) is 5.90. The Hall–Kier alpha value is -1.75. The minimum Gasteiger partial charge on any atom is -0.508 e. The number of ether oxygens (including phenoxy) is 1. The number of phenolic OH excluding ortho intramolecular Hbond substituents is 1.